The minimum atomic E-state index is -4.05. The Kier molecular flexibility index (Phi) is 10.6. The van der Waals surface area contributed by atoms with Gasteiger partial charge in [0, 0.05) is 11.1 Å². The molecule has 1 atom stereocenters. The molecule has 1 unspecified atom stereocenters. The maximum absolute atomic E-state index is 13.7. The van der Waals surface area contributed by atoms with Crippen molar-refractivity contribution < 1.29 is 46.5 Å². The summed E-state index contributed by atoms with van der Waals surface area (Å²) in [5.41, 5.74) is 2.80. The summed E-state index contributed by atoms with van der Waals surface area (Å²) in [6.45, 7) is 11.9. The molecule has 0 amide bonds. The first-order chi connectivity index (χ1) is 20.6. The average Bonchev–Trinajstić information content (AvgIpc) is 2.96. The Bertz CT molecular complexity index is 1700. The van der Waals surface area contributed by atoms with E-state index in [-0.39, 0.29) is 33.3 Å². The van der Waals surface area contributed by atoms with Gasteiger partial charge < -0.3 is 24.1 Å². The standard InChI is InChI=1S/C32H38FNO9S/c1-10-11-24(34-44(38,39)23-14-12-22(33)13-15-23)42-27-19(5)17(3)26(30(41-9)20(27)6)32(37)43-28-18(4)16(2)25(31(35)36)29(40-8)21(28)7/h12-15,24,34H,10-11H2,1-9H3,(H,35,36). The van der Waals surface area contributed by atoms with E-state index in [0.29, 0.717) is 52.0 Å². The fourth-order valence-electron chi connectivity index (χ4n) is 5.09. The Morgan fingerprint density at radius 1 is 0.795 bits per heavy atom. The zero-order valence-electron chi connectivity index (χ0n) is 26.3. The zero-order valence-corrected chi connectivity index (χ0v) is 27.1. The first-order valence-electron chi connectivity index (χ1n) is 13.9. The van der Waals surface area contributed by atoms with E-state index in [9.17, 15) is 27.5 Å². The van der Waals surface area contributed by atoms with Gasteiger partial charge in [0.05, 0.1) is 19.1 Å². The van der Waals surface area contributed by atoms with Crippen LogP contribution in [0.3, 0.4) is 0 Å². The van der Waals surface area contributed by atoms with Crippen LogP contribution in [0.25, 0.3) is 0 Å². The lowest BCUT2D eigenvalue weighted by molar-refractivity contribution is 0.0691. The Hall–Kier alpha value is -4.16. The zero-order chi connectivity index (χ0) is 33.1. The summed E-state index contributed by atoms with van der Waals surface area (Å²) in [4.78, 5) is 25.5. The van der Waals surface area contributed by atoms with Crippen molar-refractivity contribution in [2.45, 2.75) is 72.4 Å². The summed E-state index contributed by atoms with van der Waals surface area (Å²) in [6, 6.07) is 4.46. The summed E-state index contributed by atoms with van der Waals surface area (Å²) >= 11 is 0. The third kappa shape index (κ3) is 6.66. The molecule has 0 bridgehead atoms. The molecule has 2 N–H and O–H groups in total. The quantitative estimate of drug-likeness (QED) is 0.138. The van der Waals surface area contributed by atoms with Gasteiger partial charge in [-0.25, -0.2) is 22.4 Å². The first kappa shape index (κ1) is 34.3. The lowest BCUT2D eigenvalue weighted by Gasteiger charge is -2.26. The molecule has 0 fully saturated rings. The normalized spacial score (nSPS) is 12.0. The fourth-order valence-corrected chi connectivity index (χ4v) is 6.23. The number of carboxylic acids is 1. The predicted octanol–water partition coefficient (Wildman–Crippen LogP) is 6.09. The van der Waals surface area contributed by atoms with E-state index >= 15 is 0 Å². The molecule has 3 aromatic carbocycles. The molecule has 0 radical (unpaired) electrons. The minimum absolute atomic E-state index is 0.0130. The maximum Gasteiger partial charge on any atom is 0.347 e. The van der Waals surface area contributed by atoms with Crippen LogP contribution in [0.2, 0.25) is 0 Å². The predicted molar refractivity (Wildman–Crippen MR) is 162 cm³/mol. The Balaban J connectivity index is 2.05. The van der Waals surface area contributed by atoms with Gasteiger partial charge in [-0.15, -0.1) is 0 Å². The number of carbonyl (C=O) groups excluding carboxylic acids is 1. The summed E-state index contributed by atoms with van der Waals surface area (Å²) in [6.07, 6.45) is -0.0866. The summed E-state index contributed by atoms with van der Waals surface area (Å²) < 4.78 is 65.1. The number of ether oxygens (including phenoxy) is 4. The van der Waals surface area contributed by atoms with Crippen LogP contribution in [0.15, 0.2) is 29.2 Å². The van der Waals surface area contributed by atoms with Crippen LogP contribution in [0.5, 0.6) is 23.0 Å². The van der Waals surface area contributed by atoms with Crippen molar-refractivity contribution in [2.24, 2.45) is 0 Å². The van der Waals surface area contributed by atoms with Gasteiger partial charge in [0.2, 0.25) is 10.0 Å². The van der Waals surface area contributed by atoms with Crippen molar-refractivity contribution >= 4 is 22.0 Å². The lowest BCUT2D eigenvalue weighted by atomic mass is 9.95. The number of sulfonamides is 1. The molecule has 238 valence electrons. The number of methoxy groups -OCH3 is 2. The van der Waals surface area contributed by atoms with E-state index in [2.05, 4.69) is 4.72 Å². The monoisotopic (exact) mass is 631 g/mol. The van der Waals surface area contributed by atoms with E-state index < -0.39 is 34.0 Å². The van der Waals surface area contributed by atoms with Gasteiger partial charge >= 0.3 is 11.9 Å². The van der Waals surface area contributed by atoms with Crippen LogP contribution < -0.4 is 23.7 Å². The highest BCUT2D eigenvalue weighted by Gasteiger charge is 2.30. The molecule has 0 aliphatic heterocycles. The Morgan fingerprint density at radius 2 is 1.30 bits per heavy atom. The number of carbonyl (C=O) groups is 2. The van der Waals surface area contributed by atoms with Crippen molar-refractivity contribution in [3.05, 3.63) is 74.6 Å². The van der Waals surface area contributed by atoms with Gasteiger partial charge in [0.1, 0.15) is 39.9 Å². The molecule has 44 heavy (non-hydrogen) atoms. The number of carboxylic acid groups (broad SMARTS) is 1. The topological polar surface area (TPSA) is 137 Å². The molecular formula is C32H38FNO9S. The molecule has 0 saturated heterocycles. The van der Waals surface area contributed by atoms with Gasteiger partial charge in [-0.1, -0.05) is 13.3 Å². The van der Waals surface area contributed by atoms with Crippen molar-refractivity contribution in [1.29, 1.82) is 0 Å². The van der Waals surface area contributed by atoms with Crippen molar-refractivity contribution in [3.8, 4) is 23.0 Å². The van der Waals surface area contributed by atoms with Crippen molar-refractivity contribution in [1.82, 2.24) is 4.72 Å². The summed E-state index contributed by atoms with van der Waals surface area (Å²) in [7, 11) is -1.31. The number of hydrogen-bond acceptors (Lipinski definition) is 8. The highest BCUT2D eigenvalue weighted by Crippen LogP contribution is 2.42. The molecule has 0 spiro atoms. The van der Waals surface area contributed by atoms with Gasteiger partial charge in [0.15, 0.2) is 6.23 Å². The third-order valence-corrected chi connectivity index (χ3v) is 9.08. The molecule has 3 rings (SSSR count). The summed E-state index contributed by atoms with van der Waals surface area (Å²) in [5.74, 6) is -1.70. The smallest absolute Gasteiger partial charge is 0.347 e. The van der Waals surface area contributed by atoms with Crippen molar-refractivity contribution in [2.75, 3.05) is 14.2 Å². The van der Waals surface area contributed by atoms with Gasteiger partial charge in [-0.2, -0.15) is 4.72 Å². The second-order valence-electron chi connectivity index (χ2n) is 10.4. The molecule has 0 aliphatic rings. The molecule has 0 aliphatic carbocycles. The Morgan fingerprint density at radius 3 is 1.82 bits per heavy atom. The fraction of sp³-hybridized carbons (Fsp3) is 0.375. The number of benzene rings is 3. The van der Waals surface area contributed by atoms with Crippen LogP contribution in [0.4, 0.5) is 4.39 Å². The maximum atomic E-state index is 13.7. The van der Waals surface area contributed by atoms with Gasteiger partial charge in [-0.05, 0) is 94.5 Å². The van der Waals surface area contributed by atoms with E-state index in [1.165, 1.54) is 26.4 Å². The first-order valence-corrected chi connectivity index (χ1v) is 15.3. The van der Waals surface area contributed by atoms with E-state index in [1.807, 2.05) is 6.92 Å². The van der Waals surface area contributed by atoms with Gasteiger partial charge in [0.25, 0.3) is 0 Å². The number of nitrogens with one attached hydrogen (secondary N) is 1. The molecule has 0 saturated carbocycles. The SMILES string of the molecule is CCCC(NS(=O)(=O)c1ccc(F)cc1)Oc1c(C)c(C)c(C(=O)Oc2c(C)c(C)c(C(=O)O)c(OC)c2C)c(OC)c1C. The highest BCUT2D eigenvalue weighted by molar-refractivity contribution is 7.89. The van der Waals surface area contributed by atoms with E-state index in [1.54, 1.807) is 41.5 Å². The molecule has 12 heteroatoms. The minimum Gasteiger partial charge on any atom is -0.495 e. The van der Waals surface area contributed by atoms with Crippen LogP contribution in [0, 0.1) is 47.4 Å². The number of esters is 1. The van der Waals surface area contributed by atoms with Crippen LogP contribution in [-0.4, -0.2) is 45.9 Å². The van der Waals surface area contributed by atoms with E-state index in [4.69, 9.17) is 18.9 Å². The van der Waals surface area contributed by atoms with Crippen LogP contribution in [0.1, 0.15) is 73.9 Å². The molecular weight excluding hydrogens is 593 g/mol. The molecule has 3 aromatic rings. The largest absolute Gasteiger partial charge is 0.495 e. The third-order valence-electron chi connectivity index (χ3n) is 7.62. The highest BCUT2D eigenvalue weighted by atomic mass is 32.2. The lowest BCUT2D eigenvalue weighted by Crippen LogP contribution is -2.39. The Labute approximate surface area is 257 Å². The van der Waals surface area contributed by atoms with Crippen LogP contribution >= 0.6 is 0 Å². The number of aromatic carboxylic acids is 1. The second-order valence-corrected chi connectivity index (χ2v) is 12.1. The number of halogens is 1. The van der Waals surface area contributed by atoms with Gasteiger partial charge in [-0.3, -0.25) is 0 Å². The molecule has 0 heterocycles. The van der Waals surface area contributed by atoms with E-state index in [0.717, 1.165) is 12.1 Å². The number of rotatable bonds is 12. The summed E-state index contributed by atoms with van der Waals surface area (Å²) in [5, 5.41) is 9.73. The second kappa shape index (κ2) is 13.6. The molecule has 10 nitrogen and oxygen atoms in total. The average molecular weight is 632 g/mol. The molecule has 0 aromatic heterocycles. The van der Waals surface area contributed by atoms with Crippen molar-refractivity contribution in [3.63, 3.8) is 0 Å². The van der Waals surface area contributed by atoms with Crippen LogP contribution in [-0.2, 0) is 10.0 Å². The number of hydrogen-bond donors (Lipinski definition) is 2.